The second-order valence-corrected chi connectivity index (χ2v) is 9.20. The smallest absolute Gasteiger partial charge is 0.328 e. The zero-order chi connectivity index (χ0) is 23.4. The van der Waals surface area contributed by atoms with Crippen LogP contribution in [-0.4, -0.2) is 57.8 Å². The molecule has 9 heteroatoms. The van der Waals surface area contributed by atoms with Crippen LogP contribution >= 0.6 is 22.6 Å². The Hall–Kier alpha value is -1.88. The molecule has 3 atom stereocenters. The van der Waals surface area contributed by atoms with Crippen molar-refractivity contribution in [2.75, 3.05) is 13.7 Å². The molecule has 8 nitrogen and oxygen atoms in total. The molecular weight excluding hydrogens is 517 g/mol. The second-order valence-electron chi connectivity index (χ2n) is 7.70. The molecule has 0 bridgehead atoms. The molecule has 0 spiro atoms. The number of alkyl halides is 1. The Morgan fingerprint density at radius 1 is 1.10 bits per heavy atom. The van der Waals surface area contributed by atoms with E-state index in [1.54, 1.807) is 24.3 Å². The van der Waals surface area contributed by atoms with Crippen molar-refractivity contribution in [2.45, 2.75) is 62.0 Å². The fourth-order valence-electron chi connectivity index (χ4n) is 2.89. The van der Waals surface area contributed by atoms with Gasteiger partial charge in [0.05, 0.1) is 7.11 Å². The third-order valence-corrected chi connectivity index (χ3v) is 5.50. The Morgan fingerprint density at radius 3 is 2.29 bits per heavy atom. The first kappa shape index (κ1) is 27.2. The van der Waals surface area contributed by atoms with Gasteiger partial charge in [-0.15, -0.1) is 0 Å². The Labute approximate surface area is 196 Å². The lowest BCUT2D eigenvalue weighted by Gasteiger charge is -2.23. The van der Waals surface area contributed by atoms with Crippen LogP contribution in [0.5, 0.6) is 5.75 Å². The van der Waals surface area contributed by atoms with Crippen molar-refractivity contribution < 1.29 is 34.1 Å². The lowest BCUT2D eigenvalue weighted by atomic mass is 10.0. The molecule has 1 rings (SSSR count). The predicted molar refractivity (Wildman–Crippen MR) is 124 cm³/mol. The molecule has 3 N–H and O–H groups in total. The van der Waals surface area contributed by atoms with Gasteiger partial charge in [0.25, 0.3) is 5.91 Å². The Morgan fingerprint density at radius 2 is 1.74 bits per heavy atom. The number of unbranched alkanes of at least 4 members (excludes halogenated alkanes) is 1. The van der Waals surface area contributed by atoms with Crippen LogP contribution in [0, 0.1) is 5.92 Å². The van der Waals surface area contributed by atoms with Crippen LogP contribution in [0.15, 0.2) is 24.3 Å². The summed E-state index contributed by atoms with van der Waals surface area (Å²) in [6.45, 7) is 3.81. The summed E-state index contributed by atoms with van der Waals surface area (Å²) in [4.78, 5) is 37.5. The van der Waals surface area contributed by atoms with Crippen molar-refractivity contribution in [3.05, 3.63) is 29.8 Å². The van der Waals surface area contributed by atoms with Gasteiger partial charge in [0.15, 0.2) is 6.10 Å². The summed E-state index contributed by atoms with van der Waals surface area (Å²) in [5, 5.41) is 20.9. The zero-order valence-electron chi connectivity index (χ0n) is 18.2. The van der Waals surface area contributed by atoms with Crippen molar-refractivity contribution in [3.8, 4) is 5.75 Å². The van der Waals surface area contributed by atoms with Gasteiger partial charge >= 0.3 is 11.9 Å². The van der Waals surface area contributed by atoms with E-state index in [2.05, 4.69) is 5.32 Å². The molecule has 174 valence electrons. The highest BCUT2D eigenvalue weighted by atomic mass is 127. The number of hydrogen-bond donors (Lipinski definition) is 3. The van der Waals surface area contributed by atoms with Gasteiger partial charge in [-0.05, 0) is 55.7 Å². The molecule has 1 aromatic rings. The number of phenols is 1. The average Bonchev–Trinajstić information content (AvgIpc) is 2.73. The quantitative estimate of drug-likeness (QED) is 0.150. The number of rotatable bonds is 13. The molecular formula is C22H32INO7. The molecule has 0 unspecified atom stereocenters. The first-order valence-electron chi connectivity index (χ1n) is 10.3. The first-order chi connectivity index (χ1) is 14.7. The minimum Gasteiger partial charge on any atom is -0.508 e. The second kappa shape index (κ2) is 14.2. The number of carbonyl (C=O) groups is 3. The van der Waals surface area contributed by atoms with E-state index < -0.39 is 33.9 Å². The highest BCUT2D eigenvalue weighted by Crippen LogP contribution is 2.18. The van der Waals surface area contributed by atoms with Crippen molar-refractivity contribution >= 4 is 40.4 Å². The maximum Gasteiger partial charge on any atom is 0.328 e. The molecule has 0 saturated heterocycles. The van der Waals surface area contributed by atoms with E-state index in [0.29, 0.717) is 32.1 Å². The fraction of sp³-hybridized carbons (Fsp3) is 0.591. The Kier molecular flexibility index (Phi) is 12.5. The molecule has 0 radical (unpaired) electrons. The number of aromatic hydroxyl groups is 1. The van der Waals surface area contributed by atoms with Crippen molar-refractivity contribution in [1.82, 2.24) is 5.32 Å². The van der Waals surface area contributed by atoms with E-state index in [1.165, 1.54) is 7.11 Å². The topological polar surface area (TPSA) is 122 Å². The van der Waals surface area contributed by atoms with Gasteiger partial charge in [0.2, 0.25) is 0 Å². The number of amides is 1. The van der Waals surface area contributed by atoms with Crippen LogP contribution in [0.4, 0.5) is 0 Å². The molecule has 1 aromatic carbocycles. The van der Waals surface area contributed by atoms with Crippen LogP contribution in [-0.2, 0) is 30.3 Å². The number of ether oxygens (including phenoxy) is 2. The summed E-state index contributed by atoms with van der Waals surface area (Å²) in [6, 6.07) is 5.66. The van der Waals surface area contributed by atoms with Gasteiger partial charge in [0.1, 0.15) is 15.7 Å². The number of halogens is 1. The number of phenolic OH excluding ortho intramolecular Hbond substituents is 1. The average molecular weight is 549 g/mol. The Balaban J connectivity index is 2.79. The predicted octanol–water partition coefficient (Wildman–Crippen LogP) is 2.52. The van der Waals surface area contributed by atoms with Crippen molar-refractivity contribution in [2.24, 2.45) is 5.92 Å². The summed E-state index contributed by atoms with van der Waals surface area (Å²) in [5.74, 6) is -1.43. The minimum atomic E-state index is -1.03. The number of aliphatic hydroxyl groups is 1. The lowest BCUT2D eigenvalue weighted by molar-refractivity contribution is -0.157. The van der Waals surface area contributed by atoms with Gasteiger partial charge in [-0.25, -0.2) is 4.79 Å². The number of carbonyl (C=O) groups excluding carboxylic acids is 3. The molecule has 0 heterocycles. The van der Waals surface area contributed by atoms with E-state index in [-0.39, 0.29) is 18.3 Å². The first-order valence-corrected chi connectivity index (χ1v) is 11.5. The number of aliphatic hydroxyl groups excluding tert-OH is 1. The van der Waals surface area contributed by atoms with Gasteiger partial charge in [-0.1, -0.05) is 48.6 Å². The van der Waals surface area contributed by atoms with Crippen LogP contribution < -0.4 is 5.32 Å². The minimum absolute atomic E-state index is 0.00644. The summed E-state index contributed by atoms with van der Waals surface area (Å²) >= 11 is 1.97. The monoisotopic (exact) mass is 549 g/mol. The lowest BCUT2D eigenvalue weighted by Crippen LogP contribution is -2.48. The third kappa shape index (κ3) is 10.3. The van der Waals surface area contributed by atoms with Gasteiger partial charge in [0, 0.05) is 6.61 Å². The van der Waals surface area contributed by atoms with E-state index in [1.807, 2.05) is 36.4 Å². The molecule has 0 saturated carbocycles. The molecule has 0 aromatic heterocycles. The molecule has 31 heavy (non-hydrogen) atoms. The largest absolute Gasteiger partial charge is 0.508 e. The van der Waals surface area contributed by atoms with E-state index in [0.717, 1.165) is 5.56 Å². The van der Waals surface area contributed by atoms with E-state index >= 15 is 0 Å². The summed E-state index contributed by atoms with van der Waals surface area (Å²) < 4.78 is 9.75. The fourth-order valence-corrected chi connectivity index (χ4v) is 3.54. The van der Waals surface area contributed by atoms with Crippen LogP contribution in [0.2, 0.25) is 0 Å². The van der Waals surface area contributed by atoms with Crippen LogP contribution in [0.3, 0.4) is 0 Å². The SMILES string of the molecule is COC(=O)[C@H](CCCCO)NC(=O)[C@H](CC(C)C)OC(=O)[C@@H](I)Cc1ccc(O)cc1. The molecule has 0 aliphatic rings. The maximum absolute atomic E-state index is 12.8. The van der Waals surface area contributed by atoms with Crippen molar-refractivity contribution in [3.63, 3.8) is 0 Å². The number of nitrogens with one attached hydrogen (secondary N) is 1. The van der Waals surface area contributed by atoms with Crippen LogP contribution in [0.1, 0.15) is 45.1 Å². The van der Waals surface area contributed by atoms with Crippen molar-refractivity contribution in [1.29, 1.82) is 0 Å². The van der Waals surface area contributed by atoms with Gasteiger partial charge in [-0.2, -0.15) is 0 Å². The van der Waals surface area contributed by atoms with E-state index in [9.17, 15) is 19.5 Å². The molecule has 0 aliphatic carbocycles. The molecule has 0 fully saturated rings. The number of esters is 2. The maximum atomic E-state index is 12.8. The van der Waals surface area contributed by atoms with Gasteiger partial charge in [-0.3, -0.25) is 9.59 Å². The molecule has 1 amide bonds. The van der Waals surface area contributed by atoms with Crippen LogP contribution in [0.25, 0.3) is 0 Å². The number of methoxy groups -OCH3 is 1. The standard InChI is InChI=1S/C22H32INO7/c1-14(2)12-19(20(27)24-18(22(29)30-3)6-4-5-11-25)31-21(28)17(23)13-15-7-9-16(26)10-8-15/h7-10,14,17-19,25-26H,4-6,11-13H2,1-3H3,(H,24,27)/t17-,18-,19-/m0/s1. The zero-order valence-corrected chi connectivity index (χ0v) is 20.3. The highest BCUT2D eigenvalue weighted by molar-refractivity contribution is 14.1. The summed E-state index contributed by atoms with van der Waals surface area (Å²) in [7, 11) is 1.24. The van der Waals surface area contributed by atoms with E-state index in [4.69, 9.17) is 14.6 Å². The number of hydrogen-bond acceptors (Lipinski definition) is 7. The normalized spacial score (nSPS) is 13.9. The third-order valence-electron chi connectivity index (χ3n) is 4.55. The Bertz CT molecular complexity index is 708. The summed E-state index contributed by atoms with van der Waals surface area (Å²) in [6.07, 6.45) is 1.02. The molecule has 0 aliphatic heterocycles. The van der Waals surface area contributed by atoms with Gasteiger partial charge < -0.3 is 25.0 Å². The number of benzene rings is 1. The highest BCUT2D eigenvalue weighted by Gasteiger charge is 2.30. The summed E-state index contributed by atoms with van der Waals surface area (Å²) in [5.41, 5.74) is 0.855.